The van der Waals surface area contributed by atoms with E-state index in [0.717, 1.165) is 12.1 Å². The third-order valence-electron chi connectivity index (χ3n) is 3.26. The lowest BCUT2D eigenvalue weighted by molar-refractivity contribution is -0.128. The molecule has 1 N–H and O–H groups in total. The minimum Gasteiger partial charge on any atom is -0.388 e. The van der Waals surface area contributed by atoms with Crippen LogP contribution in [0.1, 0.15) is 31.4 Å². The molecule has 3 heteroatoms. The summed E-state index contributed by atoms with van der Waals surface area (Å²) in [4.78, 5) is 13.4. The third kappa shape index (κ3) is 3.07. The average Bonchev–Trinajstić information content (AvgIpc) is 2.66. The summed E-state index contributed by atoms with van der Waals surface area (Å²) >= 11 is 0. The number of aliphatic hydroxyl groups is 1. The van der Waals surface area contributed by atoms with Crippen LogP contribution in [0, 0.1) is 5.92 Å². The van der Waals surface area contributed by atoms with Gasteiger partial charge in [-0.2, -0.15) is 0 Å². The summed E-state index contributed by atoms with van der Waals surface area (Å²) in [5.74, 6) is 0.675. The molecule has 2 unspecified atom stereocenters. The highest BCUT2D eigenvalue weighted by Gasteiger charge is 2.26. The summed E-state index contributed by atoms with van der Waals surface area (Å²) in [5.41, 5.74) is 0.923. The summed E-state index contributed by atoms with van der Waals surface area (Å²) in [6.45, 7) is 3.57. The molecule has 1 heterocycles. The quantitative estimate of drug-likeness (QED) is 0.864. The van der Waals surface area contributed by atoms with Crippen molar-refractivity contribution in [3.8, 4) is 0 Å². The van der Waals surface area contributed by atoms with E-state index in [1.54, 1.807) is 0 Å². The first-order valence-electron chi connectivity index (χ1n) is 6.17. The van der Waals surface area contributed by atoms with E-state index in [-0.39, 0.29) is 5.91 Å². The second kappa shape index (κ2) is 5.32. The molecule has 1 saturated heterocycles. The van der Waals surface area contributed by atoms with Crippen molar-refractivity contribution in [1.29, 1.82) is 0 Å². The van der Waals surface area contributed by atoms with Gasteiger partial charge in [-0.15, -0.1) is 0 Å². The molecule has 0 bridgehead atoms. The maximum atomic E-state index is 11.6. The van der Waals surface area contributed by atoms with Gasteiger partial charge in [-0.1, -0.05) is 37.3 Å². The van der Waals surface area contributed by atoms with Gasteiger partial charge in [0, 0.05) is 19.5 Å². The van der Waals surface area contributed by atoms with Gasteiger partial charge in [0.2, 0.25) is 5.91 Å². The molecule has 1 aromatic rings. The van der Waals surface area contributed by atoms with Crippen molar-refractivity contribution in [2.24, 2.45) is 5.92 Å². The smallest absolute Gasteiger partial charge is 0.222 e. The van der Waals surface area contributed by atoms with E-state index in [1.165, 1.54) is 0 Å². The first-order chi connectivity index (χ1) is 8.16. The van der Waals surface area contributed by atoms with Crippen LogP contribution in [0.5, 0.6) is 0 Å². The Morgan fingerprint density at radius 2 is 2.12 bits per heavy atom. The van der Waals surface area contributed by atoms with Gasteiger partial charge in [-0.3, -0.25) is 4.79 Å². The molecule has 0 aromatic heterocycles. The number of rotatable bonds is 4. The van der Waals surface area contributed by atoms with Crippen LogP contribution in [-0.2, 0) is 4.79 Å². The average molecular weight is 233 g/mol. The normalized spacial score (nSPS) is 21.9. The SMILES string of the molecule is CC1CC(=O)N(CCC(O)c2ccccc2)C1. The zero-order valence-electron chi connectivity index (χ0n) is 10.2. The summed E-state index contributed by atoms with van der Waals surface area (Å²) in [6.07, 6.45) is 0.795. The highest BCUT2D eigenvalue weighted by atomic mass is 16.3. The Morgan fingerprint density at radius 1 is 1.41 bits per heavy atom. The first kappa shape index (κ1) is 12.1. The van der Waals surface area contributed by atoms with Crippen LogP contribution < -0.4 is 0 Å². The van der Waals surface area contributed by atoms with Gasteiger partial charge < -0.3 is 10.0 Å². The van der Waals surface area contributed by atoms with Gasteiger partial charge in [0.25, 0.3) is 0 Å². The molecule has 0 spiro atoms. The van der Waals surface area contributed by atoms with Crippen LogP contribution in [0.3, 0.4) is 0 Å². The predicted molar refractivity (Wildman–Crippen MR) is 66.4 cm³/mol. The first-order valence-corrected chi connectivity index (χ1v) is 6.17. The highest BCUT2D eigenvalue weighted by molar-refractivity contribution is 5.78. The molecule has 0 saturated carbocycles. The Labute approximate surface area is 102 Å². The lowest BCUT2D eigenvalue weighted by Gasteiger charge is -2.18. The zero-order valence-corrected chi connectivity index (χ0v) is 10.2. The number of aliphatic hydroxyl groups excluding tert-OH is 1. The second-order valence-corrected chi connectivity index (χ2v) is 4.86. The van der Waals surface area contributed by atoms with E-state index in [1.807, 2.05) is 35.2 Å². The van der Waals surface area contributed by atoms with Crippen molar-refractivity contribution in [2.75, 3.05) is 13.1 Å². The molecule has 2 atom stereocenters. The van der Waals surface area contributed by atoms with Crippen LogP contribution in [0.2, 0.25) is 0 Å². The topological polar surface area (TPSA) is 40.5 Å². The van der Waals surface area contributed by atoms with E-state index < -0.39 is 6.10 Å². The molecule has 0 radical (unpaired) electrons. The van der Waals surface area contributed by atoms with Crippen molar-refractivity contribution < 1.29 is 9.90 Å². The van der Waals surface area contributed by atoms with E-state index in [4.69, 9.17) is 0 Å². The minimum absolute atomic E-state index is 0.220. The van der Waals surface area contributed by atoms with Crippen molar-refractivity contribution >= 4 is 5.91 Å². The molecule has 17 heavy (non-hydrogen) atoms. The number of hydrogen-bond donors (Lipinski definition) is 1. The lowest BCUT2D eigenvalue weighted by Crippen LogP contribution is -2.27. The lowest BCUT2D eigenvalue weighted by atomic mass is 10.1. The van der Waals surface area contributed by atoms with Crippen LogP contribution in [-0.4, -0.2) is 29.0 Å². The molecule has 0 aliphatic carbocycles. The molecular formula is C14H19NO2. The molecular weight excluding hydrogens is 214 g/mol. The zero-order chi connectivity index (χ0) is 12.3. The van der Waals surface area contributed by atoms with Gasteiger partial charge in [-0.05, 0) is 17.9 Å². The summed E-state index contributed by atoms with van der Waals surface area (Å²) in [5, 5.41) is 10.00. The molecule has 1 aliphatic rings. The maximum absolute atomic E-state index is 11.6. The van der Waals surface area contributed by atoms with Crippen molar-refractivity contribution in [2.45, 2.75) is 25.9 Å². The monoisotopic (exact) mass is 233 g/mol. The van der Waals surface area contributed by atoms with Gasteiger partial charge >= 0.3 is 0 Å². The van der Waals surface area contributed by atoms with Crippen LogP contribution in [0.15, 0.2) is 30.3 Å². The van der Waals surface area contributed by atoms with Crippen molar-refractivity contribution in [3.63, 3.8) is 0 Å². The number of carbonyl (C=O) groups is 1. The van der Waals surface area contributed by atoms with Crippen LogP contribution >= 0.6 is 0 Å². The fourth-order valence-electron chi connectivity index (χ4n) is 2.31. The van der Waals surface area contributed by atoms with E-state index in [2.05, 4.69) is 6.92 Å². The number of carbonyl (C=O) groups excluding carboxylic acids is 1. The summed E-state index contributed by atoms with van der Waals surface area (Å²) in [6, 6.07) is 9.60. The molecule has 1 aliphatic heterocycles. The molecule has 1 fully saturated rings. The Morgan fingerprint density at radius 3 is 2.71 bits per heavy atom. The number of nitrogens with zero attached hydrogens (tertiary/aromatic N) is 1. The van der Waals surface area contributed by atoms with E-state index in [9.17, 15) is 9.90 Å². The molecule has 92 valence electrons. The Kier molecular flexibility index (Phi) is 3.79. The van der Waals surface area contributed by atoms with Crippen LogP contribution in [0.4, 0.5) is 0 Å². The van der Waals surface area contributed by atoms with E-state index >= 15 is 0 Å². The predicted octanol–water partition coefficient (Wildman–Crippen LogP) is 1.98. The van der Waals surface area contributed by atoms with Crippen molar-refractivity contribution in [1.82, 2.24) is 4.90 Å². The minimum atomic E-state index is -0.472. The second-order valence-electron chi connectivity index (χ2n) is 4.86. The summed E-state index contributed by atoms with van der Waals surface area (Å²) in [7, 11) is 0. The Hall–Kier alpha value is -1.35. The van der Waals surface area contributed by atoms with Crippen molar-refractivity contribution in [3.05, 3.63) is 35.9 Å². The fraction of sp³-hybridized carbons (Fsp3) is 0.500. The van der Waals surface area contributed by atoms with Gasteiger partial charge in [-0.25, -0.2) is 0 Å². The van der Waals surface area contributed by atoms with Crippen LogP contribution in [0.25, 0.3) is 0 Å². The molecule has 2 rings (SSSR count). The highest BCUT2D eigenvalue weighted by Crippen LogP contribution is 2.21. The molecule has 1 amide bonds. The van der Waals surface area contributed by atoms with E-state index in [0.29, 0.717) is 25.3 Å². The van der Waals surface area contributed by atoms with Gasteiger partial charge in [0.15, 0.2) is 0 Å². The largest absolute Gasteiger partial charge is 0.388 e. The number of likely N-dealkylation sites (tertiary alicyclic amines) is 1. The Balaban J connectivity index is 1.84. The Bertz CT molecular complexity index is 377. The number of amides is 1. The fourth-order valence-corrected chi connectivity index (χ4v) is 2.31. The van der Waals surface area contributed by atoms with Gasteiger partial charge in [0.1, 0.15) is 0 Å². The number of hydrogen-bond acceptors (Lipinski definition) is 2. The maximum Gasteiger partial charge on any atom is 0.222 e. The summed E-state index contributed by atoms with van der Waals surface area (Å²) < 4.78 is 0. The van der Waals surface area contributed by atoms with Gasteiger partial charge in [0.05, 0.1) is 6.10 Å². The third-order valence-corrected chi connectivity index (χ3v) is 3.26. The molecule has 1 aromatic carbocycles. The molecule has 3 nitrogen and oxygen atoms in total. The standard InChI is InChI=1S/C14H19NO2/c1-11-9-14(17)15(10-11)8-7-13(16)12-5-3-2-4-6-12/h2-6,11,13,16H,7-10H2,1H3. The number of benzene rings is 1.